The lowest BCUT2D eigenvalue weighted by atomic mass is 10.0. The third-order valence-corrected chi connectivity index (χ3v) is 7.20. The van der Waals surface area contributed by atoms with Gasteiger partial charge in [-0.05, 0) is 35.9 Å². The maximum absolute atomic E-state index is 12.3. The Hall–Kier alpha value is -6.38. The van der Waals surface area contributed by atoms with Crippen molar-refractivity contribution in [1.82, 2.24) is 0 Å². The van der Waals surface area contributed by atoms with Gasteiger partial charge in [0.25, 0.3) is 0 Å². The van der Waals surface area contributed by atoms with Gasteiger partial charge < -0.3 is 31.5 Å². The van der Waals surface area contributed by atoms with Crippen molar-refractivity contribution in [2.24, 2.45) is 0 Å². The molecule has 4 amide bonds. The predicted molar refractivity (Wildman–Crippen MR) is 183 cm³/mol. The molecule has 0 unspecified atom stereocenters. The monoisotopic (exact) mass is 690 g/mol. The van der Waals surface area contributed by atoms with Gasteiger partial charge in [0.2, 0.25) is 11.5 Å². The lowest BCUT2D eigenvalue weighted by Gasteiger charge is -2.12. The van der Waals surface area contributed by atoms with Gasteiger partial charge in [0.1, 0.15) is 0 Å². The van der Waals surface area contributed by atoms with Crippen LogP contribution in [0, 0.1) is 20.2 Å². The first-order valence-electron chi connectivity index (χ1n) is 13.6. The first kappa shape index (κ1) is 34.5. The number of carbonyl (C=O) groups is 2. The van der Waals surface area contributed by atoms with E-state index in [2.05, 4.69) is 21.3 Å². The van der Waals surface area contributed by atoms with Gasteiger partial charge >= 0.3 is 23.4 Å². The number of amides is 4. The van der Waals surface area contributed by atoms with Gasteiger partial charge in [0.15, 0.2) is 0 Å². The van der Waals surface area contributed by atoms with Crippen molar-refractivity contribution >= 4 is 69.4 Å². The summed E-state index contributed by atoms with van der Waals surface area (Å²) < 4.78 is 0. The summed E-state index contributed by atoms with van der Waals surface area (Å²) in [6.45, 7) is 0. The first-order chi connectivity index (χ1) is 23.0. The number of nitro benzene ring substituents is 2. The third kappa shape index (κ3) is 8.66. The Morgan fingerprint density at radius 1 is 0.542 bits per heavy atom. The molecule has 0 aliphatic heterocycles. The fraction of sp³-hybridized carbons (Fsp3) is 0. The minimum absolute atomic E-state index is 0.0473. The molecule has 0 aliphatic carbocycles. The number of aromatic hydroxyl groups is 2. The number of carbonyl (C=O) groups excluding carboxylic acids is 2. The summed E-state index contributed by atoms with van der Waals surface area (Å²) in [6.07, 6.45) is 0. The number of benzene rings is 5. The van der Waals surface area contributed by atoms with Crippen LogP contribution in [-0.4, -0.2) is 32.1 Å². The number of para-hydroxylation sites is 3. The van der Waals surface area contributed by atoms with Crippen molar-refractivity contribution in [3.8, 4) is 22.6 Å². The molecule has 0 radical (unpaired) electrons. The molecule has 6 N–H and O–H groups in total. The van der Waals surface area contributed by atoms with Crippen LogP contribution >= 0.6 is 23.2 Å². The Morgan fingerprint density at radius 3 is 1.50 bits per heavy atom. The van der Waals surface area contributed by atoms with Crippen molar-refractivity contribution in [3.63, 3.8) is 0 Å². The Bertz CT molecular complexity index is 2000. The number of nitrogens with one attached hydrogen (secondary N) is 4. The molecule has 5 rings (SSSR count). The number of phenols is 2. The van der Waals surface area contributed by atoms with Gasteiger partial charge in [-0.3, -0.25) is 20.2 Å². The molecule has 0 fully saturated rings. The summed E-state index contributed by atoms with van der Waals surface area (Å²) in [5.74, 6) is -1.23. The van der Waals surface area contributed by atoms with Gasteiger partial charge in [-0.25, -0.2) is 9.59 Å². The number of anilines is 4. The van der Waals surface area contributed by atoms with Crippen LogP contribution in [0.5, 0.6) is 11.5 Å². The zero-order chi connectivity index (χ0) is 34.8. The van der Waals surface area contributed by atoms with Gasteiger partial charge in [-0.2, -0.15) is 0 Å². The van der Waals surface area contributed by atoms with Gasteiger partial charge in [-0.15, -0.1) is 0 Å². The first-order valence-corrected chi connectivity index (χ1v) is 14.4. The highest BCUT2D eigenvalue weighted by molar-refractivity contribution is 6.44. The van der Waals surface area contributed by atoms with E-state index < -0.39 is 44.8 Å². The predicted octanol–water partition coefficient (Wildman–Crippen LogP) is 8.86. The van der Waals surface area contributed by atoms with Crippen LogP contribution in [0.4, 0.5) is 43.7 Å². The van der Waals surface area contributed by atoms with Crippen LogP contribution < -0.4 is 21.3 Å². The van der Waals surface area contributed by atoms with Crippen LogP contribution in [0.25, 0.3) is 11.1 Å². The second-order valence-corrected chi connectivity index (χ2v) is 10.3. The molecule has 48 heavy (non-hydrogen) atoms. The maximum atomic E-state index is 12.3. The molecular formula is C32H24Cl2N6O8. The number of halogens is 2. The van der Waals surface area contributed by atoms with Crippen molar-refractivity contribution in [1.29, 1.82) is 0 Å². The van der Waals surface area contributed by atoms with E-state index in [4.69, 9.17) is 23.2 Å². The molecule has 0 atom stereocenters. The van der Waals surface area contributed by atoms with Crippen molar-refractivity contribution in [2.45, 2.75) is 0 Å². The van der Waals surface area contributed by atoms with E-state index in [1.165, 1.54) is 30.3 Å². The number of hydrogen-bond acceptors (Lipinski definition) is 8. The van der Waals surface area contributed by atoms with E-state index in [1.807, 2.05) is 42.5 Å². The van der Waals surface area contributed by atoms with Crippen LogP contribution in [0.2, 0.25) is 10.0 Å². The lowest BCUT2D eigenvalue weighted by Crippen LogP contribution is -2.20. The molecule has 16 heteroatoms. The molecule has 0 bridgehead atoms. The molecule has 244 valence electrons. The molecule has 0 saturated carbocycles. The molecule has 0 aromatic heterocycles. The van der Waals surface area contributed by atoms with Crippen LogP contribution in [0.15, 0.2) is 109 Å². The summed E-state index contributed by atoms with van der Waals surface area (Å²) in [7, 11) is 0. The maximum Gasteiger partial charge on any atom is 0.323 e. The fourth-order valence-electron chi connectivity index (χ4n) is 4.17. The van der Waals surface area contributed by atoms with Crippen LogP contribution in [0.3, 0.4) is 0 Å². The van der Waals surface area contributed by atoms with Gasteiger partial charge in [-0.1, -0.05) is 89.9 Å². The number of nitro groups is 2. The second kappa shape index (κ2) is 15.8. The third-order valence-electron chi connectivity index (χ3n) is 6.38. The molecule has 5 aromatic carbocycles. The standard InChI is InChI=1S/C19H15N3O4.C13H9Cl2N3O4/c23-18-16(11-6-12-17(18)22(25)26)21-19(24)20-15-10-5-4-9-14(15)13-7-2-1-3-8-13;14-7-3-1-4-8(11(7)15)16-13(20)17-9-5-2-6-10(12(9)19)18(21)22/h1-12,23H,(H2,20,21,24);1-6,19H,(H2,16,17,20). The van der Waals surface area contributed by atoms with E-state index in [1.54, 1.807) is 24.3 Å². The minimum atomic E-state index is -0.758. The fourth-order valence-corrected chi connectivity index (χ4v) is 4.52. The Balaban J connectivity index is 0.000000220. The normalized spacial score (nSPS) is 10.1. The number of phenolic OH excluding ortho intramolecular Hbond substituents is 2. The summed E-state index contributed by atoms with van der Waals surface area (Å²) >= 11 is 11.7. The highest BCUT2D eigenvalue weighted by Gasteiger charge is 2.19. The average Bonchev–Trinajstić information content (AvgIpc) is 3.06. The van der Waals surface area contributed by atoms with Crippen LogP contribution in [0.1, 0.15) is 0 Å². The number of urea groups is 2. The number of hydrogen-bond donors (Lipinski definition) is 6. The Morgan fingerprint density at radius 2 is 0.958 bits per heavy atom. The van der Waals surface area contributed by atoms with E-state index >= 15 is 0 Å². The summed E-state index contributed by atoms with van der Waals surface area (Å²) in [5, 5.41) is 51.5. The number of rotatable bonds is 7. The summed E-state index contributed by atoms with van der Waals surface area (Å²) in [6, 6.07) is 27.8. The average molecular weight is 691 g/mol. The zero-order valence-corrected chi connectivity index (χ0v) is 25.9. The zero-order valence-electron chi connectivity index (χ0n) is 24.4. The Labute approximate surface area is 281 Å². The molecule has 0 aliphatic rings. The van der Waals surface area contributed by atoms with E-state index in [-0.39, 0.29) is 27.1 Å². The van der Waals surface area contributed by atoms with Crippen molar-refractivity contribution < 1.29 is 29.6 Å². The summed E-state index contributed by atoms with van der Waals surface area (Å²) in [4.78, 5) is 44.3. The molecule has 0 saturated heterocycles. The highest BCUT2D eigenvalue weighted by atomic mass is 35.5. The molecule has 14 nitrogen and oxygen atoms in total. The second-order valence-electron chi connectivity index (χ2n) is 9.53. The smallest absolute Gasteiger partial charge is 0.323 e. The van der Waals surface area contributed by atoms with Gasteiger partial charge in [0, 0.05) is 17.7 Å². The molecule has 0 spiro atoms. The van der Waals surface area contributed by atoms with E-state index in [9.17, 15) is 40.0 Å². The van der Waals surface area contributed by atoms with Gasteiger partial charge in [0.05, 0.1) is 42.6 Å². The van der Waals surface area contributed by atoms with E-state index in [0.29, 0.717) is 5.69 Å². The largest absolute Gasteiger partial charge is 0.501 e. The quantitative estimate of drug-likeness (QED) is 0.0550. The molecular weight excluding hydrogens is 667 g/mol. The van der Waals surface area contributed by atoms with Crippen molar-refractivity contribution in [3.05, 3.63) is 139 Å². The minimum Gasteiger partial charge on any atom is -0.501 e. The SMILES string of the molecule is O=C(Nc1cccc([N+](=O)[O-])c1O)Nc1cccc(Cl)c1Cl.O=C(Nc1ccccc1-c1ccccc1)Nc1cccc([N+](=O)[O-])c1O. The highest BCUT2D eigenvalue weighted by Crippen LogP contribution is 2.35. The lowest BCUT2D eigenvalue weighted by molar-refractivity contribution is -0.385. The van der Waals surface area contributed by atoms with Crippen molar-refractivity contribution in [2.75, 3.05) is 21.3 Å². The van der Waals surface area contributed by atoms with E-state index in [0.717, 1.165) is 23.3 Å². The molecule has 5 aromatic rings. The summed E-state index contributed by atoms with van der Waals surface area (Å²) in [5.41, 5.74) is 1.44. The topological polar surface area (TPSA) is 209 Å². The Kier molecular flexibility index (Phi) is 11.3. The molecule has 0 heterocycles. The van der Waals surface area contributed by atoms with Crippen LogP contribution in [-0.2, 0) is 0 Å². The number of nitrogens with zero attached hydrogens (tertiary/aromatic N) is 2.